The van der Waals surface area contributed by atoms with E-state index in [0.29, 0.717) is 24.6 Å². The van der Waals surface area contributed by atoms with Gasteiger partial charge in [0.15, 0.2) is 0 Å². The molecule has 0 saturated carbocycles. The highest BCUT2D eigenvalue weighted by Crippen LogP contribution is 2.08. The van der Waals surface area contributed by atoms with Crippen LogP contribution in [0.1, 0.15) is 53.9 Å². The molecule has 112 valence electrons. The first kappa shape index (κ1) is 18.0. The minimum Gasteiger partial charge on any atom is -0.444 e. The monoisotopic (exact) mass is 271 g/mol. The van der Waals surface area contributed by atoms with Crippen molar-refractivity contribution in [1.29, 1.82) is 0 Å². The second kappa shape index (κ2) is 8.97. The molecule has 0 spiro atoms. The number of hydrogen-bond donors (Lipinski definition) is 1. The molecular weight excluding hydrogens is 242 g/mol. The lowest BCUT2D eigenvalue weighted by Gasteiger charge is -2.20. The average molecular weight is 271 g/mol. The zero-order valence-corrected chi connectivity index (χ0v) is 13.0. The number of allylic oxidation sites excluding steroid dienone is 1. The number of alkyl carbamates (subject to hydrolysis) is 1. The van der Waals surface area contributed by atoms with Crippen LogP contribution in [0.2, 0.25) is 0 Å². The maximum absolute atomic E-state index is 11.5. The normalized spacial score (nSPS) is 11.5. The van der Waals surface area contributed by atoms with Gasteiger partial charge in [-0.15, -0.1) is 0 Å². The second-order valence-electron chi connectivity index (χ2n) is 6.13. The minimum atomic E-state index is -0.482. The van der Waals surface area contributed by atoms with Crippen LogP contribution in [-0.2, 0) is 9.47 Å². The predicted octanol–water partition coefficient (Wildman–Crippen LogP) is 3.87. The molecule has 1 amide bonds. The Bertz CT molecular complexity index is 280. The van der Waals surface area contributed by atoms with Crippen molar-refractivity contribution in [2.45, 2.75) is 59.5 Å². The van der Waals surface area contributed by atoms with Gasteiger partial charge in [-0.1, -0.05) is 20.4 Å². The van der Waals surface area contributed by atoms with Crippen molar-refractivity contribution < 1.29 is 14.3 Å². The molecule has 0 atom stereocenters. The first-order valence-corrected chi connectivity index (χ1v) is 6.96. The van der Waals surface area contributed by atoms with Crippen LogP contribution in [-0.4, -0.2) is 24.9 Å². The van der Waals surface area contributed by atoms with Gasteiger partial charge in [0.05, 0.1) is 0 Å². The van der Waals surface area contributed by atoms with Crippen molar-refractivity contribution in [2.24, 2.45) is 5.92 Å². The maximum Gasteiger partial charge on any atom is 0.411 e. The molecule has 0 radical (unpaired) electrons. The number of nitrogens with one attached hydrogen (secondary N) is 1. The van der Waals surface area contributed by atoms with Crippen LogP contribution in [0.25, 0.3) is 0 Å². The van der Waals surface area contributed by atoms with Crippen molar-refractivity contribution in [3.05, 3.63) is 12.3 Å². The lowest BCUT2D eigenvalue weighted by atomic mass is 10.1. The third-order valence-corrected chi connectivity index (χ3v) is 2.28. The molecule has 0 unspecified atom stereocenters. The standard InChI is InChI=1S/C15H29NO3/c1-12(2)9-11-18-10-7-8-13(3)16-14(17)19-15(4,5)6/h12H,3,7-11H2,1-2,4-6H3,(H,16,17). The Hall–Kier alpha value is -1.03. The van der Waals surface area contributed by atoms with Crippen LogP contribution < -0.4 is 5.32 Å². The summed E-state index contributed by atoms with van der Waals surface area (Å²) in [6, 6.07) is 0. The molecule has 0 bridgehead atoms. The fourth-order valence-electron chi connectivity index (χ4n) is 1.32. The number of carbonyl (C=O) groups is 1. The summed E-state index contributed by atoms with van der Waals surface area (Å²) in [5, 5.41) is 2.63. The van der Waals surface area contributed by atoms with E-state index in [1.807, 2.05) is 20.8 Å². The highest BCUT2D eigenvalue weighted by molar-refractivity contribution is 5.69. The second-order valence-corrected chi connectivity index (χ2v) is 6.13. The molecule has 1 N–H and O–H groups in total. The summed E-state index contributed by atoms with van der Waals surface area (Å²) in [6.07, 6.45) is 2.20. The highest BCUT2D eigenvalue weighted by atomic mass is 16.6. The summed E-state index contributed by atoms with van der Waals surface area (Å²) in [4.78, 5) is 11.5. The fourth-order valence-corrected chi connectivity index (χ4v) is 1.32. The van der Waals surface area contributed by atoms with E-state index in [2.05, 4.69) is 25.7 Å². The topological polar surface area (TPSA) is 47.6 Å². The molecule has 0 aromatic rings. The first-order chi connectivity index (χ1) is 8.70. The van der Waals surface area contributed by atoms with Gasteiger partial charge in [0.2, 0.25) is 0 Å². The number of ether oxygens (including phenoxy) is 2. The summed E-state index contributed by atoms with van der Waals surface area (Å²) < 4.78 is 10.6. The molecule has 0 fully saturated rings. The molecule has 0 saturated heterocycles. The molecule has 0 aliphatic carbocycles. The SMILES string of the molecule is C=C(CCCOCCC(C)C)NC(=O)OC(C)(C)C. The highest BCUT2D eigenvalue weighted by Gasteiger charge is 2.16. The molecule has 19 heavy (non-hydrogen) atoms. The van der Waals surface area contributed by atoms with Gasteiger partial charge in [-0.3, -0.25) is 5.32 Å². The number of hydrogen-bond acceptors (Lipinski definition) is 3. The molecule has 0 rings (SSSR count). The Kier molecular flexibility index (Phi) is 8.48. The Morgan fingerprint density at radius 1 is 1.26 bits per heavy atom. The summed E-state index contributed by atoms with van der Waals surface area (Å²) in [6.45, 7) is 15.1. The van der Waals surface area contributed by atoms with Crippen molar-refractivity contribution >= 4 is 6.09 Å². The molecule has 0 aromatic heterocycles. The van der Waals surface area contributed by atoms with Crippen LogP contribution in [0.3, 0.4) is 0 Å². The van der Waals surface area contributed by atoms with Gasteiger partial charge in [0, 0.05) is 18.9 Å². The summed E-state index contributed by atoms with van der Waals surface area (Å²) in [5.41, 5.74) is 0.186. The van der Waals surface area contributed by atoms with Crippen LogP contribution in [0.5, 0.6) is 0 Å². The zero-order chi connectivity index (χ0) is 14.9. The first-order valence-electron chi connectivity index (χ1n) is 6.96. The molecular formula is C15H29NO3. The summed E-state index contributed by atoms with van der Waals surface area (Å²) >= 11 is 0. The lowest BCUT2D eigenvalue weighted by Crippen LogP contribution is -2.31. The van der Waals surface area contributed by atoms with Crippen molar-refractivity contribution in [3.8, 4) is 0 Å². The quantitative estimate of drug-likeness (QED) is 0.682. The Balaban J connectivity index is 3.57. The third kappa shape index (κ3) is 13.2. The van der Waals surface area contributed by atoms with E-state index in [0.717, 1.165) is 19.4 Å². The predicted molar refractivity (Wildman–Crippen MR) is 78.0 cm³/mol. The van der Waals surface area contributed by atoms with E-state index >= 15 is 0 Å². The van der Waals surface area contributed by atoms with Crippen molar-refractivity contribution in [3.63, 3.8) is 0 Å². The summed E-state index contributed by atoms with van der Waals surface area (Å²) in [5.74, 6) is 0.670. The number of carbonyl (C=O) groups excluding carboxylic acids is 1. The molecule has 0 aromatic carbocycles. The van der Waals surface area contributed by atoms with Gasteiger partial charge in [-0.25, -0.2) is 4.79 Å². The van der Waals surface area contributed by atoms with Crippen LogP contribution >= 0.6 is 0 Å². The molecule has 4 heteroatoms. The Labute approximate surface area is 117 Å². The molecule has 4 nitrogen and oxygen atoms in total. The Morgan fingerprint density at radius 2 is 1.89 bits per heavy atom. The number of amides is 1. The molecule has 0 aliphatic heterocycles. The van der Waals surface area contributed by atoms with E-state index in [9.17, 15) is 4.79 Å². The van der Waals surface area contributed by atoms with E-state index in [1.165, 1.54) is 0 Å². The van der Waals surface area contributed by atoms with Crippen LogP contribution in [0.4, 0.5) is 4.79 Å². The third-order valence-electron chi connectivity index (χ3n) is 2.28. The van der Waals surface area contributed by atoms with Gasteiger partial charge in [0.25, 0.3) is 0 Å². The maximum atomic E-state index is 11.5. The van der Waals surface area contributed by atoms with E-state index in [4.69, 9.17) is 9.47 Å². The van der Waals surface area contributed by atoms with E-state index in [-0.39, 0.29) is 0 Å². The van der Waals surface area contributed by atoms with Gasteiger partial charge in [-0.2, -0.15) is 0 Å². The average Bonchev–Trinajstić information content (AvgIpc) is 2.19. The molecule has 0 aliphatic rings. The van der Waals surface area contributed by atoms with Gasteiger partial charge in [-0.05, 0) is 46.0 Å². The van der Waals surface area contributed by atoms with Gasteiger partial charge < -0.3 is 9.47 Å². The lowest BCUT2D eigenvalue weighted by molar-refractivity contribution is 0.0542. The van der Waals surface area contributed by atoms with Crippen LogP contribution in [0, 0.1) is 5.92 Å². The molecule has 0 heterocycles. The fraction of sp³-hybridized carbons (Fsp3) is 0.800. The van der Waals surface area contributed by atoms with Gasteiger partial charge in [0.1, 0.15) is 5.60 Å². The minimum absolute atomic E-state index is 0.446. The van der Waals surface area contributed by atoms with E-state index < -0.39 is 11.7 Å². The Morgan fingerprint density at radius 3 is 2.42 bits per heavy atom. The smallest absolute Gasteiger partial charge is 0.411 e. The van der Waals surface area contributed by atoms with Gasteiger partial charge >= 0.3 is 6.09 Å². The van der Waals surface area contributed by atoms with Crippen molar-refractivity contribution in [1.82, 2.24) is 5.32 Å². The zero-order valence-electron chi connectivity index (χ0n) is 13.0. The number of rotatable bonds is 8. The summed E-state index contributed by atoms with van der Waals surface area (Å²) in [7, 11) is 0. The van der Waals surface area contributed by atoms with Crippen LogP contribution in [0.15, 0.2) is 12.3 Å². The van der Waals surface area contributed by atoms with Crippen molar-refractivity contribution in [2.75, 3.05) is 13.2 Å². The largest absolute Gasteiger partial charge is 0.444 e. The van der Waals surface area contributed by atoms with E-state index in [1.54, 1.807) is 0 Å².